The number of aromatic nitrogens is 1. The maximum Gasteiger partial charge on any atom is 0.323 e. The van der Waals surface area contributed by atoms with Crippen molar-refractivity contribution >= 4 is 27.6 Å². The van der Waals surface area contributed by atoms with E-state index >= 15 is 0 Å². The van der Waals surface area contributed by atoms with E-state index in [0.29, 0.717) is 25.2 Å². The summed E-state index contributed by atoms with van der Waals surface area (Å²) in [4.78, 5) is 39.4. The standard InChI is InChI=1S/C22H32N4O6S/c1-15-6-9-17(10-7-15)26(21(29)13-20(23)28)18-11-8-16(2)25(14-19(18)27)33(31,32)22-5-3-4-12-24(22)30/h3-5,12,15-18H,6-11,13-14H2,1-2H3,(H2,23,28)/t15?,16-,17?,18+/m1/s1. The van der Waals surface area contributed by atoms with Gasteiger partial charge in [0.05, 0.1) is 12.6 Å². The first kappa shape index (κ1) is 25.1. The maximum absolute atomic E-state index is 13.4. The molecule has 1 aliphatic heterocycles. The highest BCUT2D eigenvalue weighted by atomic mass is 32.2. The lowest BCUT2D eigenvalue weighted by atomic mass is 9.85. The Morgan fingerprint density at radius 3 is 2.42 bits per heavy atom. The molecule has 0 bridgehead atoms. The number of hydrogen-bond acceptors (Lipinski definition) is 6. The molecule has 2 aliphatic rings. The smallest absolute Gasteiger partial charge is 0.323 e. The Balaban J connectivity index is 1.90. The molecule has 2 atom stereocenters. The minimum absolute atomic E-state index is 0.196. The number of primary amides is 1. The molecule has 1 aliphatic carbocycles. The number of rotatable bonds is 6. The summed E-state index contributed by atoms with van der Waals surface area (Å²) in [7, 11) is -4.23. The van der Waals surface area contributed by atoms with E-state index in [0.717, 1.165) is 23.3 Å². The van der Waals surface area contributed by atoms with E-state index in [4.69, 9.17) is 5.73 Å². The molecule has 0 spiro atoms. The lowest BCUT2D eigenvalue weighted by molar-refractivity contribution is -0.646. The number of nitrogens with two attached hydrogens (primary N) is 1. The molecule has 3 rings (SSSR count). The number of sulfonamides is 1. The Morgan fingerprint density at radius 1 is 1.15 bits per heavy atom. The zero-order valence-electron chi connectivity index (χ0n) is 19.1. The van der Waals surface area contributed by atoms with Gasteiger partial charge in [-0.15, -0.1) is 0 Å². The minimum Gasteiger partial charge on any atom is -0.618 e. The van der Waals surface area contributed by atoms with Crippen molar-refractivity contribution in [2.45, 2.75) is 81.9 Å². The average molecular weight is 481 g/mol. The van der Waals surface area contributed by atoms with Crippen LogP contribution in [0.5, 0.6) is 0 Å². The number of hydrogen-bond donors (Lipinski definition) is 1. The molecule has 2 N–H and O–H groups in total. The molecule has 1 saturated heterocycles. The van der Waals surface area contributed by atoms with Crippen LogP contribution in [0.3, 0.4) is 0 Å². The van der Waals surface area contributed by atoms with Crippen LogP contribution in [0.2, 0.25) is 0 Å². The summed E-state index contributed by atoms with van der Waals surface area (Å²) in [5.41, 5.74) is 5.27. The van der Waals surface area contributed by atoms with Gasteiger partial charge < -0.3 is 15.8 Å². The summed E-state index contributed by atoms with van der Waals surface area (Å²) in [6, 6.07) is 2.48. The second-order valence-corrected chi connectivity index (χ2v) is 11.0. The fourth-order valence-corrected chi connectivity index (χ4v) is 6.52. The quantitative estimate of drug-likeness (QED) is 0.361. The van der Waals surface area contributed by atoms with E-state index in [9.17, 15) is 28.0 Å². The largest absolute Gasteiger partial charge is 0.618 e. The Labute approximate surface area is 194 Å². The summed E-state index contributed by atoms with van der Waals surface area (Å²) >= 11 is 0. The molecule has 182 valence electrons. The van der Waals surface area contributed by atoms with E-state index in [1.54, 1.807) is 6.92 Å². The second kappa shape index (κ2) is 10.2. The number of nitrogens with zero attached hydrogens (tertiary/aromatic N) is 3. The van der Waals surface area contributed by atoms with E-state index in [1.807, 2.05) is 0 Å². The predicted molar refractivity (Wildman–Crippen MR) is 119 cm³/mol. The van der Waals surface area contributed by atoms with Crippen LogP contribution in [0.1, 0.15) is 58.8 Å². The molecule has 2 fully saturated rings. The van der Waals surface area contributed by atoms with E-state index in [-0.39, 0.29) is 17.2 Å². The molecular formula is C22H32N4O6S. The van der Waals surface area contributed by atoms with E-state index < -0.39 is 57.7 Å². The first-order valence-corrected chi connectivity index (χ1v) is 12.8. The zero-order chi connectivity index (χ0) is 24.3. The first-order valence-electron chi connectivity index (χ1n) is 11.3. The third-order valence-electron chi connectivity index (χ3n) is 6.72. The highest BCUT2D eigenvalue weighted by Crippen LogP contribution is 2.32. The summed E-state index contributed by atoms with van der Waals surface area (Å²) < 4.78 is 27.7. The van der Waals surface area contributed by atoms with Gasteiger partial charge in [-0.2, -0.15) is 9.04 Å². The van der Waals surface area contributed by atoms with Crippen LogP contribution in [-0.2, 0) is 24.4 Å². The topological polar surface area (TPSA) is 145 Å². The molecule has 11 heteroatoms. The van der Waals surface area contributed by atoms with Crippen molar-refractivity contribution in [1.29, 1.82) is 0 Å². The van der Waals surface area contributed by atoms with Crippen molar-refractivity contribution in [3.05, 3.63) is 29.6 Å². The predicted octanol–water partition coefficient (Wildman–Crippen LogP) is 0.713. The molecule has 10 nitrogen and oxygen atoms in total. The van der Waals surface area contributed by atoms with Gasteiger partial charge >= 0.3 is 15.0 Å². The monoisotopic (exact) mass is 480 g/mol. The third-order valence-corrected chi connectivity index (χ3v) is 8.67. The highest BCUT2D eigenvalue weighted by Gasteiger charge is 2.43. The van der Waals surface area contributed by atoms with Crippen LogP contribution in [0.25, 0.3) is 0 Å². The van der Waals surface area contributed by atoms with Gasteiger partial charge in [0.25, 0.3) is 0 Å². The van der Waals surface area contributed by atoms with Gasteiger partial charge in [-0.05, 0) is 57.4 Å². The molecule has 0 unspecified atom stereocenters. The fourth-order valence-electron chi connectivity index (χ4n) is 4.86. The molecule has 0 radical (unpaired) electrons. The van der Waals surface area contributed by atoms with Crippen molar-refractivity contribution in [2.75, 3.05) is 6.54 Å². The van der Waals surface area contributed by atoms with Crippen LogP contribution in [-0.4, -0.2) is 59.9 Å². The molecule has 0 aromatic carbocycles. The van der Waals surface area contributed by atoms with Crippen LogP contribution in [0.4, 0.5) is 0 Å². The normalized spacial score (nSPS) is 27.0. The molecule has 2 amide bonds. The summed E-state index contributed by atoms with van der Waals surface area (Å²) in [5, 5.41) is 11.7. The Hall–Kier alpha value is -2.53. The van der Waals surface area contributed by atoms with E-state index in [1.165, 1.54) is 23.1 Å². The third kappa shape index (κ3) is 5.52. The van der Waals surface area contributed by atoms with Gasteiger partial charge in [-0.25, -0.2) is 8.42 Å². The summed E-state index contributed by atoms with van der Waals surface area (Å²) in [6.45, 7) is 3.37. The highest BCUT2D eigenvalue weighted by molar-refractivity contribution is 7.89. The lowest BCUT2D eigenvalue weighted by Crippen LogP contribution is -2.53. The molecule has 1 aromatic heterocycles. The van der Waals surface area contributed by atoms with Crippen LogP contribution in [0, 0.1) is 11.1 Å². The van der Waals surface area contributed by atoms with Gasteiger partial charge in [-0.3, -0.25) is 14.4 Å². The average Bonchev–Trinajstić information content (AvgIpc) is 2.89. The van der Waals surface area contributed by atoms with Gasteiger partial charge in [0.15, 0.2) is 12.0 Å². The van der Waals surface area contributed by atoms with Crippen LogP contribution in [0.15, 0.2) is 29.4 Å². The van der Waals surface area contributed by atoms with Crippen LogP contribution < -0.4 is 10.5 Å². The van der Waals surface area contributed by atoms with E-state index in [2.05, 4.69) is 6.92 Å². The Kier molecular flexibility index (Phi) is 7.73. The molecule has 2 heterocycles. The van der Waals surface area contributed by atoms with Crippen molar-refractivity contribution in [2.24, 2.45) is 11.7 Å². The van der Waals surface area contributed by atoms with Gasteiger partial charge in [0, 0.05) is 24.2 Å². The maximum atomic E-state index is 13.4. The van der Waals surface area contributed by atoms with Gasteiger partial charge in [0.1, 0.15) is 6.42 Å². The molecule has 1 aromatic rings. The Morgan fingerprint density at radius 2 is 1.82 bits per heavy atom. The number of pyridine rings is 1. The second-order valence-electron chi connectivity index (χ2n) is 9.18. The van der Waals surface area contributed by atoms with Gasteiger partial charge in [-0.1, -0.05) is 6.92 Å². The number of amides is 2. The molecule has 1 saturated carbocycles. The van der Waals surface area contributed by atoms with Crippen molar-refractivity contribution in [1.82, 2.24) is 9.21 Å². The molecule has 33 heavy (non-hydrogen) atoms. The first-order chi connectivity index (χ1) is 15.5. The molecular weight excluding hydrogens is 448 g/mol. The number of Topliss-reactive ketones (excluding diaryl/α,β-unsaturated/α-hetero) is 1. The number of ketones is 1. The zero-order valence-corrected chi connectivity index (χ0v) is 19.9. The van der Waals surface area contributed by atoms with Crippen molar-refractivity contribution < 1.29 is 27.5 Å². The number of carbonyl (C=O) groups excluding carboxylic acids is 3. The summed E-state index contributed by atoms with van der Waals surface area (Å²) in [5.74, 6) is -1.17. The fraction of sp³-hybridized carbons (Fsp3) is 0.636. The van der Waals surface area contributed by atoms with Crippen molar-refractivity contribution in [3.8, 4) is 0 Å². The van der Waals surface area contributed by atoms with Gasteiger partial charge in [0.2, 0.25) is 11.8 Å². The Bertz CT molecular complexity index is 1010. The van der Waals surface area contributed by atoms with Crippen LogP contribution >= 0.6 is 0 Å². The number of carbonyl (C=O) groups is 3. The SMILES string of the molecule is CC1CCC(N(C(=O)CC(N)=O)[C@H]2CC[C@@H](C)N(S(=O)(=O)c3cccc[n+]3[O-])CC2=O)CC1. The van der Waals surface area contributed by atoms with Crippen molar-refractivity contribution in [3.63, 3.8) is 0 Å². The minimum atomic E-state index is -4.23. The summed E-state index contributed by atoms with van der Waals surface area (Å²) in [6.07, 6.45) is 4.43. The lowest BCUT2D eigenvalue weighted by Gasteiger charge is -2.40.